The van der Waals surface area contributed by atoms with Crippen molar-refractivity contribution < 1.29 is 19.4 Å². The fourth-order valence-corrected chi connectivity index (χ4v) is 3.23. The van der Waals surface area contributed by atoms with Gasteiger partial charge in [-0.25, -0.2) is 4.79 Å². The third kappa shape index (κ3) is 4.30. The van der Waals surface area contributed by atoms with Crippen molar-refractivity contribution in [2.75, 3.05) is 38.1 Å². The fraction of sp³-hybridized carbons (Fsp3) is 0.444. The van der Waals surface area contributed by atoms with Crippen LogP contribution in [-0.4, -0.2) is 54.8 Å². The number of carbonyl (C=O) groups excluding carboxylic acids is 1. The maximum atomic E-state index is 11.7. The van der Waals surface area contributed by atoms with E-state index in [1.807, 2.05) is 17.4 Å². The van der Waals surface area contributed by atoms with Crippen LogP contribution in [0.25, 0.3) is 5.57 Å². The summed E-state index contributed by atoms with van der Waals surface area (Å²) in [5.41, 5.74) is 4.17. The Kier molecular flexibility index (Phi) is 5.23. The number of carboxylic acid groups (broad SMARTS) is 1. The van der Waals surface area contributed by atoms with Crippen molar-refractivity contribution in [2.24, 2.45) is 0 Å². The second-order valence-corrected chi connectivity index (χ2v) is 6.42. The smallest absolute Gasteiger partial charge is 0.405 e. The van der Waals surface area contributed by atoms with Gasteiger partial charge in [0.25, 0.3) is 0 Å². The molecule has 0 radical (unpaired) electrons. The van der Waals surface area contributed by atoms with Crippen LogP contribution >= 0.6 is 0 Å². The first kappa shape index (κ1) is 17.3. The second-order valence-electron chi connectivity index (χ2n) is 6.42. The average molecular weight is 345 g/mol. The lowest BCUT2D eigenvalue weighted by molar-refractivity contribution is -0.115. The highest BCUT2D eigenvalue weighted by molar-refractivity contribution is 5.94. The largest absolute Gasteiger partial charge is 0.488 e. The Hall–Kier alpha value is -2.54. The third-order valence-corrected chi connectivity index (χ3v) is 4.61. The van der Waals surface area contributed by atoms with Gasteiger partial charge in [-0.3, -0.25) is 9.69 Å². The molecule has 0 saturated carbocycles. The Morgan fingerprint density at radius 1 is 1.28 bits per heavy atom. The van der Waals surface area contributed by atoms with E-state index in [9.17, 15) is 9.59 Å². The molecule has 3 rings (SSSR count). The van der Waals surface area contributed by atoms with Crippen molar-refractivity contribution in [1.82, 2.24) is 10.2 Å². The summed E-state index contributed by atoms with van der Waals surface area (Å²) in [7, 11) is 0. The predicted octanol–water partition coefficient (Wildman–Crippen LogP) is 2.15. The van der Waals surface area contributed by atoms with Crippen molar-refractivity contribution in [1.29, 1.82) is 0 Å². The highest BCUT2D eigenvalue weighted by Crippen LogP contribution is 2.35. The zero-order chi connectivity index (χ0) is 17.8. The SMILES string of the molecule is CC1=C(CN2CCCC2)COc2cc(NC(=O)CNC(=O)O)ccc21. The number of hydrogen-bond donors (Lipinski definition) is 3. The second kappa shape index (κ2) is 7.57. The number of anilines is 1. The number of ether oxygens (including phenoxy) is 1. The van der Waals surface area contributed by atoms with Crippen LogP contribution in [0.3, 0.4) is 0 Å². The maximum Gasteiger partial charge on any atom is 0.405 e. The number of nitrogens with one attached hydrogen (secondary N) is 2. The summed E-state index contributed by atoms with van der Waals surface area (Å²) in [5.74, 6) is 0.326. The minimum Gasteiger partial charge on any atom is -0.488 e. The average Bonchev–Trinajstić information content (AvgIpc) is 3.09. The lowest BCUT2D eigenvalue weighted by Crippen LogP contribution is -2.31. The van der Waals surface area contributed by atoms with E-state index >= 15 is 0 Å². The highest BCUT2D eigenvalue weighted by atomic mass is 16.5. The lowest BCUT2D eigenvalue weighted by Gasteiger charge is -2.26. The molecule has 0 unspecified atom stereocenters. The minimum atomic E-state index is -1.23. The first-order valence-corrected chi connectivity index (χ1v) is 8.48. The summed E-state index contributed by atoms with van der Waals surface area (Å²) in [6.45, 7) is 5.64. The molecule has 2 heterocycles. The van der Waals surface area contributed by atoms with E-state index in [1.54, 1.807) is 6.07 Å². The quantitative estimate of drug-likeness (QED) is 0.761. The van der Waals surface area contributed by atoms with E-state index in [1.165, 1.54) is 24.0 Å². The van der Waals surface area contributed by atoms with Gasteiger partial charge >= 0.3 is 6.09 Å². The molecule has 1 aromatic carbocycles. The number of amides is 2. The van der Waals surface area contributed by atoms with E-state index in [0.717, 1.165) is 30.9 Å². The molecule has 2 aliphatic rings. The number of likely N-dealkylation sites (tertiary alicyclic amines) is 1. The zero-order valence-corrected chi connectivity index (χ0v) is 14.3. The summed E-state index contributed by atoms with van der Waals surface area (Å²) in [6, 6.07) is 5.53. The van der Waals surface area contributed by atoms with Crippen molar-refractivity contribution in [3.8, 4) is 5.75 Å². The fourth-order valence-electron chi connectivity index (χ4n) is 3.23. The van der Waals surface area contributed by atoms with Gasteiger partial charge < -0.3 is 20.5 Å². The monoisotopic (exact) mass is 345 g/mol. The van der Waals surface area contributed by atoms with Gasteiger partial charge in [-0.05, 0) is 56.1 Å². The molecule has 0 bridgehead atoms. The summed E-state index contributed by atoms with van der Waals surface area (Å²) >= 11 is 0. The number of rotatable bonds is 5. The summed E-state index contributed by atoms with van der Waals surface area (Å²) < 4.78 is 5.89. The molecule has 0 aromatic heterocycles. The van der Waals surface area contributed by atoms with Crippen molar-refractivity contribution >= 4 is 23.3 Å². The number of hydrogen-bond acceptors (Lipinski definition) is 4. The van der Waals surface area contributed by atoms with Crippen LogP contribution in [0.15, 0.2) is 23.8 Å². The van der Waals surface area contributed by atoms with Gasteiger partial charge in [0, 0.05) is 23.9 Å². The zero-order valence-electron chi connectivity index (χ0n) is 14.3. The molecule has 2 amide bonds. The van der Waals surface area contributed by atoms with E-state index in [2.05, 4.69) is 17.1 Å². The minimum absolute atomic E-state index is 0.286. The van der Waals surface area contributed by atoms with Gasteiger partial charge in [0.05, 0.1) is 0 Å². The van der Waals surface area contributed by atoms with E-state index in [0.29, 0.717) is 12.3 Å². The van der Waals surface area contributed by atoms with E-state index in [4.69, 9.17) is 9.84 Å². The molecule has 0 atom stereocenters. The van der Waals surface area contributed by atoms with Gasteiger partial charge in [-0.15, -0.1) is 0 Å². The van der Waals surface area contributed by atoms with E-state index < -0.39 is 12.0 Å². The van der Waals surface area contributed by atoms with Crippen LogP contribution in [0.5, 0.6) is 5.75 Å². The predicted molar refractivity (Wildman–Crippen MR) is 94.9 cm³/mol. The molecule has 1 aromatic rings. The molecule has 0 aliphatic carbocycles. The highest BCUT2D eigenvalue weighted by Gasteiger charge is 2.21. The Morgan fingerprint density at radius 2 is 2.04 bits per heavy atom. The molecule has 0 spiro atoms. The topological polar surface area (TPSA) is 90.9 Å². The van der Waals surface area contributed by atoms with Crippen LogP contribution in [0, 0.1) is 0 Å². The van der Waals surface area contributed by atoms with Gasteiger partial charge in [0.2, 0.25) is 5.91 Å². The number of benzene rings is 1. The molecule has 1 fully saturated rings. The molecule has 7 heteroatoms. The van der Waals surface area contributed by atoms with Crippen molar-refractivity contribution in [2.45, 2.75) is 19.8 Å². The Bertz CT molecular complexity index is 708. The van der Waals surface area contributed by atoms with Gasteiger partial charge in [0.15, 0.2) is 0 Å². The number of carbonyl (C=O) groups is 2. The first-order chi connectivity index (χ1) is 12.0. The van der Waals surface area contributed by atoms with Crippen LogP contribution in [0.2, 0.25) is 0 Å². The maximum absolute atomic E-state index is 11.7. The molecule has 7 nitrogen and oxygen atoms in total. The molecule has 134 valence electrons. The summed E-state index contributed by atoms with van der Waals surface area (Å²) in [6.07, 6.45) is 1.31. The van der Waals surface area contributed by atoms with Crippen LogP contribution in [0.1, 0.15) is 25.3 Å². The van der Waals surface area contributed by atoms with Crippen LogP contribution < -0.4 is 15.4 Å². The van der Waals surface area contributed by atoms with Crippen molar-refractivity contribution in [3.05, 3.63) is 29.3 Å². The number of allylic oxidation sites excluding steroid dienone is 1. The molecule has 1 saturated heterocycles. The Balaban J connectivity index is 1.68. The summed E-state index contributed by atoms with van der Waals surface area (Å²) in [5, 5.41) is 13.2. The summed E-state index contributed by atoms with van der Waals surface area (Å²) in [4.78, 5) is 24.6. The van der Waals surface area contributed by atoms with Crippen LogP contribution in [-0.2, 0) is 4.79 Å². The molecule has 3 N–H and O–H groups in total. The molecule has 2 aliphatic heterocycles. The standard InChI is InChI=1S/C18H23N3O4/c1-12-13(10-21-6-2-3-7-21)11-25-16-8-14(4-5-15(12)16)20-17(22)9-19-18(23)24/h4-5,8,19H,2-3,6-7,9-11H2,1H3,(H,20,22)(H,23,24). The van der Waals surface area contributed by atoms with E-state index in [-0.39, 0.29) is 6.54 Å². The normalized spacial score (nSPS) is 17.0. The number of nitrogens with zero attached hydrogens (tertiary/aromatic N) is 1. The van der Waals surface area contributed by atoms with Gasteiger partial charge in [-0.1, -0.05) is 0 Å². The molecular formula is C18H23N3O4. The van der Waals surface area contributed by atoms with Gasteiger partial charge in [0.1, 0.15) is 18.9 Å². The molecule has 25 heavy (non-hydrogen) atoms. The lowest BCUT2D eigenvalue weighted by atomic mass is 9.98. The molecular weight excluding hydrogens is 322 g/mol. The first-order valence-electron chi connectivity index (χ1n) is 8.48. The number of fused-ring (bicyclic) bond motifs is 1. The van der Waals surface area contributed by atoms with Gasteiger partial charge in [-0.2, -0.15) is 0 Å². The Morgan fingerprint density at radius 3 is 2.76 bits per heavy atom. The van der Waals surface area contributed by atoms with Crippen LogP contribution in [0.4, 0.5) is 10.5 Å². The Labute approximate surface area is 146 Å². The van der Waals surface area contributed by atoms with Crippen molar-refractivity contribution in [3.63, 3.8) is 0 Å². The third-order valence-electron chi connectivity index (χ3n) is 4.61.